The van der Waals surface area contributed by atoms with Gasteiger partial charge < -0.3 is 15.9 Å². The third kappa shape index (κ3) is 7.25. The van der Waals surface area contributed by atoms with Crippen molar-refractivity contribution in [1.29, 1.82) is 0 Å². The molecular formula is C21H25N3O2S2. The third-order valence-electron chi connectivity index (χ3n) is 3.69. The molecule has 3 rings (SSSR count). The molecule has 0 fully saturated rings. The summed E-state index contributed by atoms with van der Waals surface area (Å²) in [6.07, 6.45) is 2.49. The van der Waals surface area contributed by atoms with Crippen molar-refractivity contribution in [3.05, 3.63) is 60.2 Å². The number of rotatable bonds is 6. The Balaban J connectivity index is 0.000000200. The molecule has 0 saturated heterocycles. The summed E-state index contributed by atoms with van der Waals surface area (Å²) in [6, 6.07) is 17.8. The van der Waals surface area contributed by atoms with Crippen LogP contribution in [0.25, 0.3) is 10.1 Å². The Morgan fingerprint density at radius 1 is 1.21 bits per heavy atom. The minimum Gasteiger partial charge on any atom is -0.380 e. The number of nitrogens with one attached hydrogen (secondary N) is 1. The first kappa shape index (κ1) is 21.8. The number of hydrogen-bond acceptors (Lipinski definition) is 6. The van der Waals surface area contributed by atoms with Crippen molar-refractivity contribution < 1.29 is 9.63 Å². The lowest BCUT2D eigenvalue weighted by atomic mass is 10.2. The van der Waals surface area contributed by atoms with Gasteiger partial charge in [0.15, 0.2) is 5.84 Å². The van der Waals surface area contributed by atoms with E-state index in [2.05, 4.69) is 65.2 Å². The zero-order chi connectivity index (χ0) is 20.4. The first-order valence-corrected chi connectivity index (χ1v) is 10.3. The third-order valence-corrected chi connectivity index (χ3v) is 5.06. The molecule has 7 heteroatoms. The fourth-order valence-electron chi connectivity index (χ4n) is 2.26. The van der Waals surface area contributed by atoms with Crippen LogP contribution in [0.15, 0.2) is 64.6 Å². The number of hydrogen-bond donors (Lipinski definition) is 3. The van der Waals surface area contributed by atoms with Gasteiger partial charge in [0, 0.05) is 28.6 Å². The monoisotopic (exact) mass is 415 g/mol. The van der Waals surface area contributed by atoms with E-state index >= 15 is 0 Å². The molecule has 0 bridgehead atoms. The van der Waals surface area contributed by atoms with Crippen molar-refractivity contribution >= 4 is 50.9 Å². The Bertz CT molecular complexity index is 888. The van der Waals surface area contributed by atoms with Crippen LogP contribution in [0.5, 0.6) is 0 Å². The molecule has 5 nitrogen and oxygen atoms in total. The van der Waals surface area contributed by atoms with Crippen LogP contribution in [-0.2, 0) is 9.63 Å². The summed E-state index contributed by atoms with van der Waals surface area (Å²) in [6.45, 7) is 4.56. The zero-order valence-electron chi connectivity index (χ0n) is 16.0. The number of anilines is 1. The van der Waals surface area contributed by atoms with Crippen LogP contribution in [0.1, 0.15) is 32.3 Å². The van der Waals surface area contributed by atoms with E-state index in [0.717, 1.165) is 11.4 Å². The predicted octanol–water partition coefficient (Wildman–Crippen LogP) is 5.27. The molecule has 0 aliphatic rings. The molecule has 0 aliphatic carbocycles. The van der Waals surface area contributed by atoms with Gasteiger partial charge in [0.1, 0.15) is 0 Å². The average molecular weight is 416 g/mol. The van der Waals surface area contributed by atoms with Crippen molar-refractivity contribution in [1.82, 2.24) is 0 Å². The summed E-state index contributed by atoms with van der Waals surface area (Å²) >= 11 is 5.96. The molecule has 1 heterocycles. The molecule has 0 amide bonds. The Morgan fingerprint density at radius 3 is 2.57 bits per heavy atom. The maximum Gasteiger partial charge on any atom is 0.332 e. The quantitative estimate of drug-likeness (QED) is 0.128. The molecule has 1 aromatic heterocycles. The standard InChI is InChI=1S/C12H15NS.C9H10N2O2S/c1-2-3-8-13-12-9-10-6-4-5-7-11(10)14-12;1-6(12)13-11-9(10)7-2-4-8(14)5-3-7/h4-7,9,13H,2-3,8H2,1H3;2-5,14H,1H3,(H2,10,11). The minimum atomic E-state index is -0.501. The molecule has 0 saturated carbocycles. The molecule has 28 heavy (non-hydrogen) atoms. The van der Waals surface area contributed by atoms with Crippen LogP contribution in [0.3, 0.4) is 0 Å². The molecule has 0 aliphatic heterocycles. The van der Waals surface area contributed by atoms with Crippen LogP contribution in [0.2, 0.25) is 0 Å². The van der Waals surface area contributed by atoms with Gasteiger partial charge in [-0.3, -0.25) is 0 Å². The number of carbonyl (C=O) groups excluding carboxylic acids is 1. The molecule has 148 valence electrons. The molecule has 3 N–H and O–H groups in total. The number of unbranched alkanes of at least 4 members (excludes halogenated alkanes) is 1. The number of amidine groups is 1. The van der Waals surface area contributed by atoms with Gasteiger partial charge in [-0.2, -0.15) is 0 Å². The van der Waals surface area contributed by atoms with E-state index in [1.54, 1.807) is 24.3 Å². The van der Waals surface area contributed by atoms with E-state index in [9.17, 15) is 4.79 Å². The van der Waals surface area contributed by atoms with Crippen molar-refractivity contribution in [3.63, 3.8) is 0 Å². The van der Waals surface area contributed by atoms with Crippen molar-refractivity contribution in [2.75, 3.05) is 11.9 Å². The van der Waals surface area contributed by atoms with Crippen LogP contribution in [-0.4, -0.2) is 18.3 Å². The van der Waals surface area contributed by atoms with E-state index in [-0.39, 0.29) is 5.84 Å². The first-order chi connectivity index (χ1) is 13.5. The predicted molar refractivity (Wildman–Crippen MR) is 121 cm³/mol. The second kappa shape index (κ2) is 11.4. The molecule has 0 atom stereocenters. The molecule has 0 unspecified atom stereocenters. The number of nitrogens with zero attached hydrogens (tertiary/aromatic N) is 1. The van der Waals surface area contributed by atoms with Crippen LogP contribution < -0.4 is 11.1 Å². The first-order valence-electron chi connectivity index (χ1n) is 9.02. The Kier molecular flexibility index (Phi) is 8.84. The topological polar surface area (TPSA) is 76.7 Å². The largest absolute Gasteiger partial charge is 0.380 e. The number of carbonyl (C=O) groups is 1. The van der Waals surface area contributed by atoms with Gasteiger partial charge in [-0.25, -0.2) is 4.79 Å². The number of benzene rings is 2. The fraction of sp³-hybridized carbons (Fsp3) is 0.238. The van der Waals surface area contributed by atoms with Gasteiger partial charge in [-0.15, -0.1) is 24.0 Å². The zero-order valence-corrected chi connectivity index (χ0v) is 17.7. The lowest BCUT2D eigenvalue weighted by Gasteiger charge is -1.99. The minimum absolute atomic E-state index is 0.161. The van der Waals surface area contributed by atoms with Gasteiger partial charge in [-0.1, -0.05) is 48.8 Å². The summed E-state index contributed by atoms with van der Waals surface area (Å²) < 4.78 is 1.37. The number of nitrogens with two attached hydrogens (primary N) is 1. The lowest BCUT2D eigenvalue weighted by Crippen LogP contribution is -2.14. The Labute approximate surface area is 175 Å². The van der Waals surface area contributed by atoms with E-state index in [1.807, 2.05) is 11.3 Å². The van der Waals surface area contributed by atoms with Crippen LogP contribution >= 0.6 is 24.0 Å². The highest BCUT2D eigenvalue weighted by Gasteiger charge is 2.00. The normalized spacial score (nSPS) is 10.9. The van der Waals surface area contributed by atoms with Crippen LogP contribution in [0, 0.1) is 0 Å². The number of oxime groups is 1. The highest BCUT2D eigenvalue weighted by atomic mass is 32.1. The summed E-state index contributed by atoms with van der Waals surface area (Å²) in [5.74, 6) is -0.340. The van der Waals surface area contributed by atoms with Crippen molar-refractivity contribution in [2.45, 2.75) is 31.6 Å². The Morgan fingerprint density at radius 2 is 1.93 bits per heavy atom. The SMILES string of the molecule is CC(=O)O/N=C(\N)c1ccc(S)cc1.CCCCNc1cc2ccccc2s1. The maximum absolute atomic E-state index is 10.4. The molecular weight excluding hydrogens is 390 g/mol. The lowest BCUT2D eigenvalue weighted by molar-refractivity contribution is -0.140. The van der Waals surface area contributed by atoms with E-state index in [0.29, 0.717) is 5.56 Å². The number of thiol groups is 1. The average Bonchev–Trinajstić information content (AvgIpc) is 3.10. The molecule has 2 aromatic carbocycles. The van der Waals surface area contributed by atoms with E-state index in [1.165, 1.54) is 34.9 Å². The van der Waals surface area contributed by atoms with Gasteiger partial charge in [0.2, 0.25) is 0 Å². The van der Waals surface area contributed by atoms with Gasteiger partial charge in [0.25, 0.3) is 0 Å². The summed E-state index contributed by atoms with van der Waals surface area (Å²) in [4.78, 5) is 15.7. The number of thiophene rings is 1. The number of fused-ring (bicyclic) bond motifs is 1. The van der Waals surface area contributed by atoms with Gasteiger partial charge in [-0.05, 0) is 36.1 Å². The smallest absolute Gasteiger partial charge is 0.332 e. The highest BCUT2D eigenvalue weighted by Crippen LogP contribution is 2.29. The van der Waals surface area contributed by atoms with E-state index in [4.69, 9.17) is 5.73 Å². The van der Waals surface area contributed by atoms with Gasteiger partial charge >= 0.3 is 5.97 Å². The summed E-state index contributed by atoms with van der Waals surface area (Å²) in [7, 11) is 0. The Hall–Kier alpha value is -2.51. The molecule has 0 radical (unpaired) electrons. The van der Waals surface area contributed by atoms with Crippen molar-refractivity contribution in [3.8, 4) is 0 Å². The summed E-state index contributed by atoms with van der Waals surface area (Å²) in [5.41, 5.74) is 6.23. The van der Waals surface area contributed by atoms with Crippen LogP contribution in [0.4, 0.5) is 5.00 Å². The van der Waals surface area contributed by atoms with E-state index < -0.39 is 5.97 Å². The fourth-order valence-corrected chi connectivity index (χ4v) is 3.39. The summed E-state index contributed by atoms with van der Waals surface area (Å²) in [5, 5.41) is 9.53. The van der Waals surface area contributed by atoms with Gasteiger partial charge in [0.05, 0.1) is 5.00 Å². The molecule has 0 spiro atoms. The molecule has 3 aromatic rings. The maximum atomic E-state index is 10.4. The second-order valence-corrected chi connectivity index (χ2v) is 7.64. The highest BCUT2D eigenvalue weighted by molar-refractivity contribution is 7.80. The van der Waals surface area contributed by atoms with Crippen molar-refractivity contribution in [2.24, 2.45) is 10.9 Å². The second-order valence-electron chi connectivity index (χ2n) is 6.04.